The Bertz CT molecular complexity index is 486. The Morgan fingerprint density at radius 3 is 2.40 bits per heavy atom. The molecule has 1 unspecified atom stereocenters. The molecule has 1 aromatic rings. The van der Waals surface area contributed by atoms with Gasteiger partial charge >= 0.3 is 0 Å². The number of halogens is 1. The quantitative estimate of drug-likeness (QED) is 0.602. The monoisotopic (exact) mass is 388 g/mol. The van der Waals surface area contributed by atoms with Crippen LogP contribution >= 0.6 is 22.6 Å². The number of carbonyl (C=O) groups is 2. The van der Waals surface area contributed by atoms with Crippen LogP contribution in [0.2, 0.25) is 0 Å². The summed E-state index contributed by atoms with van der Waals surface area (Å²) in [4.78, 5) is 24.4. The Balaban J connectivity index is 1.72. The van der Waals surface area contributed by atoms with Gasteiger partial charge in [-0.15, -0.1) is 0 Å². The van der Waals surface area contributed by atoms with Crippen LogP contribution in [0.4, 0.5) is 5.69 Å². The number of likely N-dealkylation sites (N-methyl/N-ethyl adjacent to an activating group) is 1. The second-order valence-corrected chi connectivity index (χ2v) is 6.45. The van der Waals surface area contributed by atoms with Crippen LogP contribution in [0.25, 0.3) is 0 Å². The molecule has 5 nitrogen and oxygen atoms in total. The maximum atomic E-state index is 11.9. The maximum Gasteiger partial charge on any atom is 0.279 e. The van der Waals surface area contributed by atoms with Crippen LogP contribution in [0.3, 0.4) is 0 Å². The minimum atomic E-state index is -0.0806. The van der Waals surface area contributed by atoms with E-state index >= 15 is 0 Å². The van der Waals surface area contributed by atoms with Gasteiger partial charge in [-0.25, -0.2) is 0 Å². The number of quaternary nitrogens is 1. The van der Waals surface area contributed by atoms with Gasteiger partial charge in [0.25, 0.3) is 11.8 Å². The van der Waals surface area contributed by atoms with Gasteiger partial charge < -0.3 is 15.5 Å². The summed E-state index contributed by atoms with van der Waals surface area (Å²) in [5, 5.41) is 5.75. The van der Waals surface area contributed by atoms with E-state index in [2.05, 4.69) is 33.2 Å². The van der Waals surface area contributed by atoms with E-state index in [0.29, 0.717) is 12.6 Å². The lowest BCUT2D eigenvalue weighted by atomic mass is 10.3. The molecule has 20 heavy (non-hydrogen) atoms. The molecule has 108 valence electrons. The summed E-state index contributed by atoms with van der Waals surface area (Å²) in [7, 11) is 1.85. The first-order chi connectivity index (χ1) is 9.52. The van der Waals surface area contributed by atoms with Gasteiger partial charge in [0, 0.05) is 15.3 Å². The Kier molecular flexibility index (Phi) is 5.36. The first kappa shape index (κ1) is 15.2. The summed E-state index contributed by atoms with van der Waals surface area (Å²) in [6, 6.07) is 7.99. The van der Waals surface area contributed by atoms with E-state index in [4.69, 9.17) is 0 Å². The molecule has 1 aliphatic carbocycles. The Morgan fingerprint density at radius 1 is 1.20 bits per heavy atom. The zero-order chi connectivity index (χ0) is 14.5. The first-order valence-electron chi connectivity index (χ1n) is 6.69. The van der Waals surface area contributed by atoms with Gasteiger partial charge in [-0.05, 0) is 59.7 Å². The van der Waals surface area contributed by atoms with Gasteiger partial charge in [0.15, 0.2) is 13.1 Å². The number of carbonyl (C=O) groups excluding carboxylic acids is 2. The topological polar surface area (TPSA) is 62.6 Å². The summed E-state index contributed by atoms with van der Waals surface area (Å²) >= 11 is 2.22. The van der Waals surface area contributed by atoms with Crippen molar-refractivity contribution in [2.24, 2.45) is 0 Å². The lowest BCUT2D eigenvalue weighted by molar-refractivity contribution is -0.862. The average molecular weight is 388 g/mol. The summed E-state index contributed by atoms with van der Waals surface area (Å²) < 4.78 is 1.13. The molecular formula is C14H19IN3O2+. The zero-order valence-electron chi connectivity index (χ0n) is 11.4. The van der Waals surface area contributed by atoms with Crippen molar-refractivity contribution in [2.45, 2.75) is 18.9 Å². The molecule has 1 fully saturated rings. The predicted octanol–water partition coefficient (Wildman–Crippen LogP) is 0.0230. The van der Waals surface area contributed by atoms with Crippen molar-refractivity contribution < 1.29 is 14.5 Å². The Hall–Kier alpha value is -1.15. The van der Waals surface area contributed by atoms with Gasteiger partial charge in [0.2, 0.25) is 0 Å². The van der Waals surface area contributed by atoms with E-state index < -0.39 is 0 Å². The van der Waals surface area contributed by atoms with Crippen LogP contribution in [-0.4, -0.2) is 38.0 Å². The standard InChI is InChI=1S/C14H18IN3O2/c1-18(9-14(20)17-12-6-7-12)8-13(19)16-11-4-2-10(15)3-5-11/h2-5,12H,6-9H2,1H3,(H,16,19)(H,17,20)/p+1. The highest BCUT2D eigenvalue weighted by molar-refractivity contribution is 14.1. The third-order valence-electron chi connectivity index (χ3n) is 3.00. The summed E-state index contributed by atoms with van der Waals surface area (Å²) in [5.41, 5.74) is 0.783. The molecule has 0 aromatic heterocycles. The van der Waals surface area contributed by atoms with Crippen molar-refractivity contribution in [3.8, 4) is 0 Å². The molecule has 6 heteroatoms. The molecular weight excluding hydrogens is 369 g/mol. The second-order valence-electron chi connectivity index (χ2n) is 5.21. The number of benzene rings is 1. The van der Waals surface area contributed by atoms with Gasteiger partial charge in [0.1, 0.15) is 0 Å². The highest BCUT2D eigenvalue weighted by Gasteiger charge is 2.24. The molecule has 3 N–H and O–H groups in total. The van der Waals surface area contributed by atoms with Crippen LogP contribution in [0.15, 0.2) is 24.3 Å². The first-order valence-corrected chi connectivity index (χ1v) is 7.77. The minimum Gasteiger partial charge on any atom is -0.348 e. The molecule has 2 amide bonds. The third kappa shape index (κ3) is 5.46. The van der Waals surface area contributed by atoms with Crippen LogP contribution < -0.4 is 15.5 Å². The fraction of sp³-hybridized carbons (Fsp3) is 0.429. The SMILES string of the molecule is C[NH+](CC(=O)Nc1ccc(I)cc1)CC(=O)NC1CC1. The number of anilines is 1. The fourth-order valence-electron chi connectivity index (χ4n) is 1.86. The highest BCUT2D eigenvalue weighted by Crippen LogP contribution is 2.17. The van der Waals surface area contributed by atoms with E-state index in [-0.39, 0.29) is 18.4 Å². The van der Waals surface area contributed by atoms with Crippen LogP contribution in [0, 0.1) is 3.57 Å². The number of rotatable bonds is 6. The number of hydrogen-bond acceptors (Lipinski definition) is 2. The van der Waals surface area contributed by atoms with Crippen molar-refractivity contribution in [3.05, 3.63) is 27.8 Å². The van der Waals surface area contributed by atoms with E-state index in [9.17, 15) is 9.59 Å². The largest absolute Gasteiger partial charge is 0.348 e. The zero-order valence-corrected chi connectivity index (χ0v) is 13.6. The normalized spacial score (nSPS) is 15.5. The second kappa shape index (κ2) is 7.03. The summed E-state index contributed by atoms with van der Waals surface area (Å²) in [6.07, 6.45) is 2.16. The van der Waals surface area contributed by atoms with Crippen molar-refractivity contribution >= 4 is 40.1 Å². The fourth-order valence-corrected chi connectivity index (χ4v) is 2.22. The average Bonchev–Trinajstić information content (AvgIpc) is 3.15. The van der Waals surface area contributed by atoms with Crippen molar-refractivity contribution in [1.29, 1.82) is 0 Å². The predicted molar refractivity (Wildman–Crippen MR) is 85.6 cm³/mol. The van der Waals surface area contributed by atoms with Crippen molar-refractivity contribution in [1.82, 2.24) is 5.32 Å². The smallest absolute Gasteiger partial charge is 0.279 e. The number of nitrogens with one attached hydrogen (secondary N) is 3. The number of hydrogen-bond donors (Lipinski definition) is 3. The number of amides is 2. The molecule has 0 bridgehead atoms. The molecule has 2 rings (SSSR count). The Morgan fingerprint density at radius 2 is 1.80 bits per heavy atom. The van der Waals surface area contributed by atoms with Crippen LogP contribution in [-0.2, 0) is 9.59 Å². The van der Waals surface area contributed by atoms with E-state index in [1.807, 2.05) is 31.3 Å². The molecule has 1 atom stereocenters. The van der Waals surface area contributed by atoms with Crippen LogP contribution in [0.1, 0.15) is 12.8 Å². The molecule has 0 radical (unpaired) electrons. The van der Waals surface area contributed by atoms with Gasteiger partial charge in [-0.3, -0.25) is 9.59 Å². The van der Waals surface area contributed by atoms with E-state index in [1.54, 1.807) is 0 Å². The highest BCUT2D eigenvalue weighted by atomic mass is 127. The molecule has 0 saturated heterocycles. The molecule has 0 spiro atoms. The molecule has 0 aliphatic heterocycles. The van der Waals surface area contributed by atoms with E-state index in [1.165, 1.54) is 0 Å². The maximum absolute atomic E-state index is 11.9. The van der Waals surface area contributed by atoms with E-state index in [0.717, 1.165) is 27.0 Å². The summed E-state index contributed by atoms with van der Waals surface area (Å²) in [6.45, 7) is 0.612. The van der Waals surface area contributed by atoms with Gasteiger partial charge in [-0.1, -0.05) is 0 Å². The molecule has 1 aromatic carbocycles. The lowest BCUT2D eigenvalue weighted by Gasteiger charge is -2.13. The van der Waals surface area contributed by atoms with Gasteiger partial charge in [-0.2, -0.15) is 0 Å². The van der Waals surface area contributed by atoms with Crippen molar-refractivity contribution in [3.63, 3.8) is 0 Å². The molecule has 1 saturated carbocycles. The Labute approximate surface area is 132 Å². The lowest BCUT2D eigenvalue weighted by Crippen LogP contribution is -3.11. The van der Waals surface area contributed by atoms with Gasteiger partial charge in [0.05, 0.1) is 7.05 Å². The minimum absolute atomic E-state index is 0.0204. The molecule has 0 heterocycles. The molecule has 1 aliphatic rings. The summed E-state index contributed by atoms with van der Waals surface area (Å²) in [5.74, 6) is -0.0602. The van der Waals surface area contributed by atoms with Crippen LogP contribution in [0.5, 0.6) is 0 Å². The van der Waals surface area contributed by atoms with Crippen molar-refractivity contribution in [2.75, 3.05) is 25.5 Å². The third-order valence-corrected chi connectivity index (χ3v) is 3.71.